The predicted molar refractivity (Wildman–Crippen MR) is 106 cm³/mol. The molecule has 3 aromatic rings. The average molecular weight is 379 g/mol. The summed E-state index contributed by atoms with van der Waals surface area (Å²) in [6.45, 7) is 3.62. The van der Waals surface area contributed by atoms with Crippen molar-refractivity contribution in [3.8, 4) is 11.4 Å². The lowest BCUT2D eigenvalue weighted by atomic mass is 10.2. The molecule has 0 aliphatic carbocycles. The Morgan fingerprint density at radius 3 is 2.29 bits per heavy atom. The predicted octanol–water partition coefficient (Wildman–Crippen LogP) is 2.51. The van der Waals surface area contributed by atoms with Crippen LogP contribution in [-0.2, 0) is 11.3 Å². The molecule has 0 radical (unpaired) electrons. The molecule has 0 saturated carbocycles. The van der Waals surface area contributed by atoms with Crippen molar-refractivity contribution in [2.75, 3.05) is 10.6 Å². The molecule has 144 valence electrons. The van der Waals surface area contributed by atoms with Crippen LogP contribution in [0.25, 0.3) is 11.4 Å². The number of anilines is 2. The van der Waals surface area contributed by atoms with Crippen LogP contribution in [0.2, 0.25) is 0 Å². The van der Waals surface area contributed by atoms with E-state index in [1.54, 1.807) is 24.3 Å². The smallest absolute Gasteiger partial charge is 0.319 e. The highest BCUT2D eigenvalue weighted by atomic mass is 16.2. The summed E-state index contributed by atoms with van der Waals surface area (Å²) in [6.07, 6.45) is 0. The van der Waals surface area contributed by atoms with Crippen LogP contribution < -0.4 is 16.0 Å². The first-order valence-electron chi connectivity index (χ1n) is 8.81. The van der Waals surface area contributed by atoms with E-state index in [2.05, 4.69) is 31.4 Å². The second kappa shape index (κ2) is 8.76. The van der Waals surface area contributed by atoms with E-state index in [4.69, 9.17) is 0 Å². The molecule has 3 rings (SSSR count). The maximum atomic E-state index is 12.4. The van der Waals surface area contributed by atoms with Crippen molar-refractivity contribution in [1.29, 1.82) is 0 Å². The van der Waals surface area contributed by atoms with Gasteiger partial charge < -0.3 is 16.0 Å². The molecule has 0 fully saturated rings. The molecule has 0 atom stereocenters. The summed E-state index contributed by atoms with van der Waals surface area (Å²) in [6, 6.07) is 16.0. The quantitative estimate of drug-likeness (QED) is 0.609. The summed E-state index contributed by atoms with van der Waals surface area (Å²) in [5.41, 5.74) is 1.79. The third kappa shape index (κ3) is 5.13. The minimum Gasteiger partial charge on any atom is -0.336 e. The highest BCUT2D eigenvalue weighted by molar-refractivity contribution is 5.98. The van der Waals surface area contributed by atoms with Crippen molar-refractivity contribution in [3.63, 3.8) is 0 Å². The van der Waals surface area contributed by atoms with Crippen molar-refractivity contribution in [2.45, 2.75) is 26.4 Å². The Morgan fingerprint density at radius 1 is 0.964 bits per heavy atom. The molecule has 0 bridgehead atoms. The van der Waals surface area contributed by atoms with Gasteiger partial charge in [0, 0.05) is 11.6 Å². The number of nitrogens with one attached hydrogen (secondary N) is 3. The van der Waals surface area contributed by atoms with Crippen LogP contribution in [0, 0.1) is 0 Å². The van der Waals surface area contributed by atoms with Crippen molar-refractivity contribution in [1.82, 2.24) is 25.5 Å². The van der Waals surface area contributed by atoms with Crippen LogP contribution in [0.5, 0.6) is 0 Å². The first-order valence-corrected chi connectivity index (χ1v) is 8.81. The minimum atomic E-state index is -0.345. The monoisotopic (exact) mass is 379 g/mol. The second-order valence-electron chi connectivity index (χ2n) is 6.36. The number of amides is 3. The normalized spacial score (nSPS) is 10.5. The van der Waals surface area contributed by atoms with Gasteiger partial charge in [0.25, 0.3) is 0 Å². The molecule has 0 saturated heterocycles. The Hall–Kier alpha value is -3.75. The molecule has 1 aromatic heterocycles. The fourth-order valence-corrected chi connectivity index (χ4v) is 2.45. The molecule has 2 aromatic carbocycles. The SMILES string of the molecule is CC(C)NC(=O)Nc1ccccc1NC(=O)Cn1nnc(-c2ccccc2)n1. The molecule has 3 N–H and O–H groups in total. The zero-order valence-corrected chi connectivity index (χ0v) is 15.6. The summed E-state index contributed by atoms with van der Waals surface area (Å²) in [5, 5.41) is 20.3. The largest absolute Gasteiger partial charge is 0.336 e. The van der Waals surface area contributed by atoms with Gasteiger partial charge in [0.2, 0.25) is 11.7 Å². The number of carbonyl (C=O) groups excluding carboxylic acids is 2. The van der Waals surface area contributed by atoms with E-state index in [9.17, 15) is 9.59 Å². The fourth-order valence-electron chi connectivity index (χ4n) is 2.45. The van der Waals surface area contributed by atoms with Crippen LogP contribution in [0.4, 0.5) is 16.2 Å². The van der Waals surface area contributed by atoms with Gasteiger partial charge in [0.1, 0.15) is 6.54 Å². The summed E-state index contributed by atoms with van der Waals surface area (Å²) in [5.74, 6) is 0.108. The van der Waals surface area contributed by atoms with Gasteiger partial charge in [-0.25, -0.2) is 4.79 Å². The molecular formula is C19H21N7O2. The van der Waals surface area contributed by atoms with Crippen molar-refractivity contribution in [2.24, 2.45) is 0 Å². The van der Waals surface area contributed by atoms with Crippen molar-refractivity contribution in [3.05, 3.63) is 54.6 Å². The Kier molecular flexibility index (Phi) is 5.95. The maximum absolute atomic E-state index is 12.4. The zero-order chi connectivity index (χ0) is 19.9. The van der Waals surface area contributed by atoms with Gasteiger partial charge in [-0.2, -0.15) is 4.80 Å². The summed E-state index contributed by atoms with van der Waals surface area (Å²) in [7, 11) is 0. The second-order valence-corrected chi connectivity index (χ2v) is 6.36. The molecule has 0 spiro atoms. The van der Waals surface area contributed by atoms with Crippen molar-refractivity contribution >= 4 is 23.3 Å². The van der Waals surface area contributed by atoms with Gasteiger partial charge in [-0.15, -0.1) is 10.2 Å². The number of carbonyl (C=O) groups is 2. The molecule has 3 amide bonds. The van der Waals surface area contributed by atoms with Crippen LogP contribution >= 0.6 is 0 Å². The molecule has 28 heavy (non-hydrogen) atoms. The van der Waals surface area contributed by atoms with Crippen molar-refractivity contribution < 1.29 is 9.59 Å². The lowest BCUT2D eigenvalue weighted by Gasteiger charge is -2.14. The first kappa shape index (κ1) is 19.0. The van der Waals surface area contributed by atoms with Gasteiger partial charge in [-0.3, -0.25) is 4.79 Å². The number of nitrogens with zero attached hydrogens (tertiary/aromatic N) is 4. The molecule has 0 unspecified atom stereocenters. The van der Waals surface area contributed by atoms with E-state index in [0.29, 0.717) is 17.2 Å². The molecular weight excluding hydrogens is 358 g/mol. The highest BCUT2D eigenvalue weighted by Crippen LogP contribution is 2.21. The molecule has 0 aliphatic rings. The van der Waals surface area contributed by atoms with Gasteiger partial charge in [-0.1, -0.05) is 42.5 Å². The summed E-state index contributed by atoms with van der Waals surface area (Å²) in [4.78, 5) is 25.5. The number of rotatable bonds is 6. The third-order valence-electron chi connectivity index (χ3n) is 3.64. The topological polar surface area (TPSA) is 114 Å². The lowest BCUT2D eigenvalue weighted by Crippen LogP contribution is -2.34. The van der Waals surface area contributed by atoms with E-state index in [1.807, 2.05) is 44.2 Å². The minimum absolute atomic E-state index is 0.000969. The summed E-state index contributed by atoms with van der Waals surface area (Å²) < 4.78 is 0. The molecule has 9 nitrogen and oxygen atoms in total. The van der Waals surface area contributed by atoms with Gasteiger partial charge in [-0.05, 0) is 31.2 Å². The third-order valence-corrected chi connectivity index (χ3v) is 3.64. The van der Waals surface area contributed by atoms with Crippen LogP contribution in [0.15, 0.2) is 54.6 Å². The lowest BCUT2D eigenvalue weighted by molar-refractivity contribution is -0.117. The molecule has 0 aliphatic heterocycles. The standard InChI is InChI=1S/C19H21N7O2/c1-13(2)20-19(28)22-16-11-7-6-10-15(16)21-17(27)12-26-24-18(23-25-26)14-8-4-3-5-9-14/h3-11,13H,12H2,1-2H3,(H,21,27)(H2,20,22,28). The van der Waals surface area contributed by atoms with E-state index >= 15 is 0 Å². The van der Waals surface area contributed by atoms with Gasteiger partial charge in [0.05, 0.1) is 11.4 Å². The van der Waals surface area contributed by atoms with Gasteiger partial charge in [0.15, 0.2) is 0 Å². The molecule has 9 heteroatoms. The Bertz CT molecular complexity index is 954. The number of urea groups is 1. The summed E-state index contributed by atoms with van der Waals surface area (Å²) >= 11 is 0. The maximum Gasteiger partial charge on any atom is 0.319 e. The van der Waals surface area contributed by atoms with Crippen LogP contribution in [-0.4, -0.2) is 38.2 Å². The van der Waals surface area contributed by atoms with Crippen LogP contribution in [0.3, 0.4) is 0 Å². The van der Waals surface area contributed by atoms with E-state index in [-0.39, 0.29) is 24.5 Å². The number of hydrogen-bond acceptors (Lipinski definition) is 5. The van der Waals surface area contributed by atoms with E-state index in [1.165, 1.54) is 4.80 Å². The van der Waals surface area contributed by atoms with Crippen LogP contribution in [0.1, 0.15) is 13.8 Å². The molecule has 1 heterocycles. The van der Waals surface area contributed by atoms with E-state index < -0.39 is 0 Å². The first-order chi connectivity index (χ1) is 13.5. The van der Waals surface area contributed by atoms with E-state index in [0.717, 1.165) is 5.56 Å². The Labute approximate surface area is 162 Å². The number of para-hydroxylation sites is 2. The zero-order valence-electron chi connectivity index (χ0n) is 15.6. The average Bonchev–Trinajstić information content (AvgIpc) is 3.12. The number of benzene rings is 2. The van der Waals surface area contributed by atoms with Gasteiger partial charge >= 0.3 is 6.03 Å². The number of tetrazole rings is 1. The Balaban J connectivity index is 1.64. The Morgan fingerprint density at radius 2 is 1.61 bits per heavy atom. The number of aromatic nitrogens is 4. The fraction of sp³-hybridized carbons (Fsp3) is 0.211. The highest BCUT2D eigenvalue weighted by Gasteiger charge is 2.12. The number of hydrogen-bond donors (Lipinski definition) is 3.